The fraction of sp³-hybridized carbons (Fsp3) is 0.214. The minimum atomic E-state index is -0.562. The number of aromatic nitrogens is 1. The van der Waals surface area contributed by atoms with Gasteiger partial charge in [-0.2, -0.15) is 5.26 Å². The van der Waals surface area contributed by atoms with E-state index in [0.717, 1.165) is 10.9 Å². The number of para-hydroxylation sites is 1. The minimum absolute atomic E-state index is 0.562. The van der Waals surface area contributed by atoms with Gasteiger partial charge in [0.2, 0.25) is 0 Å². The van der Waals surface area contributed by atoms with Crippen LogP contribution in [0, 0.1) is 11.3 Å². The Hall–Kier alpha value is -2.61. The fourth-order valence-electron chi connectivity index (χ4n) is 1.60. The maximum Gasteiger partial charge on any atom is 0.310 e. The number of carbonyl (C=O) groups excluding carboxylic acids is 2. The van der Waals surface area contributed by atoms with Crippen molar-refractivity contribution in [3.05, 3.63) is 36.0 Å². The molecule has 98 valence electrons. The summed E-state index contributed by atoms with van der Waals surface area (Å²) in [4.78, 5) is 19.6. The Kier molecular flexibility index (Phi) is 4.84. The topological polar surface area (TPSA) is 72.1 Å². The van der Waals surface area contributed by atoms with Gasteiger partial charge in [0.05, 0.1) is 0 Å². The standard InChI is InChI=1S/C10H8N2.C4H6O3/c1-12-9(7-11)6-8-4-2-3-5-10(8)12;1-3(5)7-4(2)6/h2-6H,1H3;1-2H3. The number of rotatable bonds is 0. The molecule has 0 N–H and O–H groups in total. The van der Waals surface area contributed by atoms with Crippen LogP contribution in [0.1, 0.15) is 19.5 Å². The third kappa shape index (κ3) is 3.96. The summed E-state index contributed by atoms with van der Waals surface area (Å²) in [7, 11) is 1.90. The number of hydrogen-bond acceptors (Lipinski definition) is 4. The van der Waals surface area contributed by atoms with Crippen molar-refractivity contribution in [1.82, 2.24) is 4.57 Å². The van der Waals surface area contributed by atoms with Crippen LogP contribution < -0.4 is 0 Å². The van der Waals surface area contributed by atoms with E-state index in [0.29, 0.717) is 5.69 Å². The van der Waals surface area contributed by atoms with Crippen LogP contribution in [0.4, 0.5) is 0 Å². The maximum absolute atomic E-state index is 9.81. The molecule has 0 aliphatic rings. The summed E-state index contributed by atoms with van der Waals surface area (Å²) in [5, 5.41) is 9.87. The zero-order chi connectivity index (χ0) is 14.4. The molecule has 1 aromatic heterocycles. The fourth-order valence-corrected chi connectivity index (χ4v) is 1.60. The lowest BCUT2D eigenvalue weighted by molar-refractivity contribution is -0.156. The van der Waals surface area contributed by atoms with Gasteiger partial charge in [0, 0.05) is 31.8 Å². The van der Waals surface area contributed by atoms with Gasteiger partial charge in [-0.25, -0.2) is 0 Å². The van der Waals surface area contributed by atoms with E-state index in [2.05, 4.69) is 10.8 Å². The van der Waals surface area contributed by atoms with Crippen LogP contribution >= 0.6 is 0 Å². The van der Waals surface area contributed by atoms with Crippen molar-refractivity contribution in [2.45, 2.75) is 13.8 Å². The second kappa shape index (κ2) is 6.36. The lowest BCUT2D eigenvalue weighted by Crippen LogP contribution is -2.03. The number of nitriles is 1. The lowest BCUT2D eigenvalue weighted by Gasteiger charge is -1.94. The number of hydrogen-bond donors (Lipinski definition) is 0. The van der Waals surface area contributed by atoms with Crippen molar-refractivity contribution in [1.29, 1.82) is 5.26 Å². The summed E-state index contributed by atoms with van der Waals surface area (Å²) < 4.78 is 5.87. The predicted molar refractivity (Wildman–Crippen MR) is 70.1 cm³/mol. The molecule has 0 saturated heterocycles. The molecule has 5 heteroatoms. The highest BCUT2D eigenvalue weighted by Gasteiger charge is 2.02. The first-order chi connectivity index (χ1) is 8.95. The molecule has 1 aromatic carbocycles. The van der Waals surface area contributed by atoms with Crippen LogP contribution in [0.2, 0.25) is 0 Å². The lowest BCUT2D eigenvalue weighted by atomic mass is 10.2. The van der Waals surface area contributed by atoms with Crippen molar-refractivity contribution in [3.63, 3.8) is 0 Å². The molecule has 0 amide bonds. The molecule has 0 spiro atoms. The molecule has 1 heterocycles. The largest absolute Gasteiger partial charge is 0.394 e. The van der Waals surface area contributed by atoms with Gasteiger partial charge >= 0.3 is 11.9 Å². The van der Waals surface area contributed by atoms with Gasteiger partial charge in [-0.1, -0.05) is 18.2 Å². The Bertz CT molecular complexity index is 638. The Morgan fingerprint density at radius 1 is 1.21 bits per heavy atom. The second-order valence-electron chi connectivity index (χ2n) is 3.84. The van der Waals surface area contributed by atoms with Gasteiger partial charge in [-0.3, -0.25) is 9.59 Å². The van der Waals surface area contributed by atoms with Crippen molar-refractivity contribution >= 4 is 22.8 Å². The summed E-state index contributed by atoms with van der Waals surface area (Å²) in [5.41, 5.74) is 1.81. The highest BCUT2D eigenvalue weighted by molar-refractivity contribution is 5.82. The highest BCUT2D eigenvalue weighted by Crippen LogP contribution is 2.16. The zero-order valence-corrected chi connectivity index (χ0v) is 11.0. The molecular weight excluding hydrogens is 244 g/mol. The van der Waals surface area contributed by atoms with Crippen molar-refractivity contribution in [2.75, 3.05) is 0 Å². The monoisotopic (exact) mass is 258 g/mol. The van der Waals surface area contributed by atoms with Crippen LogP contribution in [0.15, 0.2) is 30.3 Å². The maximum atomic E-state index is 9.81. The van der Waals surface area contributed by atoms with E-state index in [4.69, 9.17) is 5.26 Å². The van der Waals surface area contributed by atoms with Gasteiger partial charge in [0.15, 0.2) is 0 Å². The molecule has 0 saturated carbocycles. The Balaban J connectivity index is 0.000000224. The normalized spacial score (nSPS) is 9.16. The molecule has 19 heavy (non-hydrogen) atoms. The minimum Gasteiger partial charge on any atom is -0.394 e. The van der Waals surface area contributed by atoms with Gasteiger partial charge in [-0.15, -0.1) is 0 Å². The Morgan fingerprint density at radius 3 is 2.21 bits per heavy atom. The molecule has 0 atom stereocenters. The van der Waals surface area contributed by atoms with Crippen LogP contribution in [-0.4, -0.2) is 16.5 Å². The molecule has 0 radical (unpaired) electrons. The summed E-state index contributed by atoms with van der Waals surface area (Å²) in [6.45, 7) is 2.36. The van der Waals surface area contributed by atoms with Crippen LogP contribution in [0.5, 0.6) is 0 Å². The number of nitrogens with zero attached hydrogens (tertiary/aromatic N) is 2. The van der Waals surface area contributed by atoms with Crippen LogP contribution in [0.25, 0.3) is 10.9 Å². The number of fused-ring (bicyclic) bond motifs is 1. The number of benzene rings is 1. The molecule has 0 bridgehead atoms. The van der Waals surface area contributed by atoms with Crippen molar-refractivity contribution < 1.29 is 14.3 Å². The van der Waals surface area contributed by atoms with Gasteiger partial charge < -0.3 is 9.30 Å². The van der Waals surface area contributed by atoms with E-state index in [-0.39, 0.29) is 0 Å². The zero-order valence-electron chi connectivity index (χ0n) is 11.0. The Labute approximate surface area is 111 Å². The average Bonchev–Trinajstić information content (AvgIpc) is 2.66. The number of ether oxygens (including phenoxy) is 1. The molecule has 2 aromatic rings. The number of esters is 2. The van der Waals surface area contributed by atoms with E-state index in [1.54, 1.807) is 0 Å². The predicted octanol–water partition coefficient (Wildman–Crippen LogP) is 2.15. The van der Waals surface area contributed by atoms with Crippen LogP contribution in [0.3, 0.4) is 0 Å². The van der Waals surface area contributed by atoms with E-state index in [1.165, 1.54) is 13.8 Å². The molecule has 0 aliphatic heterocycles. The quantitative estimate of drug-likeness (QED) is 0.536. The van der Waals surface area contributed by atoms with Gasteiger partial charge in [0.1, 0.15) is 11.8 Å². The molecule has 0 aliphatic carbocycles. The molecule has 0 fully saturated rings. The second-order valence-corrected chi connectivity index (χ2v) is 3.84. The summed E-state index contributed by atoms with van der Waals surface area (Å²) in [6.07, 6.45) is 0. The first kappa shape index (κ1) is 14.5. The summed E-state index contributed by atoms with van der Waals surface area (Å²) >= 11 is 0. The third-order valence-electron chi connectivity index (χ3n) is 2.35. The summed E-state index contributed by atoms with van der Waals surface area (Å²) in [6, 6.07) is 12.0. The van der Waals surface area contributed by atoms with E-state index in [1.807, 2.05) is 41.9 Å². The molecular formula is C14H14N2O3. The Morgan fingerprint density at radius 2 is 1.79 bits per heavy atom. The van der Waals surface area contributed by atoms with E-state index >= 15 is 0 Å². The van der Waals surface area contributed by atoms with E-state index in [9.17, 15) is 9.59 Å². The van der Waals surface area contributed by atoms with Gasteiger partial charge in [-0.05, 0) is 12.1 Å². The van der Waals surface area contributed by atoms with E-state index < -0.39 is 11.9 Å². The average molecular weight is 258 g/mol. The first-order valence-corrected chi connectivity index (χ1v) is 5.59. The van der Waals surface area contributed by atoms with Gasteiger partial charge in [0.25, 0.3) is 0 Å². The van der Waals surface area contributed by atoms with Crippen molar-refractivity contribution in [2.24, 2.45) is 7.05 Å². The first-order valence-electron chi connectivity index (χ1n) is 5.59. The molecule has 0 unspecified atom stereocenters. The summed E-state index contributed by atoms with van der Waals surface area (Å²) in [5.74, 6) is -1.12. The number of carbonyl (C=O) groups is 2. The van der Waals surface area contributed by atoms with Crippen LogP contribution in [-0.2, 0) is 21.4 Å². The smallest absolute Gasteiger partial charge is 0.310 e. The molecule has 2 rings (SSSR count). The third-order valence-corrected chi connectivity index (χ3v) is 2.35. The SMILES string of the molecule is CC(=O)OC(C)=O.Cn1c(C#N)cc2ccccc21. The van der Waals surface area contributed by atoms with Crippen molar-refractivity contribution in [3.8, 4) is 6.07 Å². The highest BCUT2D eigenvalue weighted by atomic mass is 16.6. The number of aryl methyl sites for hydroxylation is 1. The molecule has 5 nitrogen and oxygen atoms in total.